The van der Waals surface area contributed by atoms with E-state index in [0.29, 0.717) is 13.1 Å². The third-order valence-corrected chi connectivity index (χ3v) is 4.01. The van der Waals surface area contributed by atoms with Crippen molar-refractivity contribution in [1.82, 2.24) is 9.80 Å². The Morgan fingerprint density at radius 3 is 2.32 bits per heavy atom. The van der Waals surface area contributed by atoms with Crippen LogP contribution in [0.15, 0.2) is 30.3 Å². The van der Waals surface area contributed by atoms with Gasteiger partial charge >= 0.3 is 0 Å². The van der Waals surface area contributed by atoms with E-state index < -0.39 is 0 Å². The number of nitrogens with zero attached hydrogens (tertiary/aromatic N) is 2. The Hall–Kier alpha value is -1.10. The van der Waals surface area contributed by atoms with Gasteiger partial charge in [-0.15, -0.1) is 12.4 Å². The molecule has 2 N–H and O–H groups in total. The fourth-order valence-corrected chi connectivity index (χ4v) is 2.85. The van der Waals surface area contributed by atoms with E-state index in [1.165, 1.54) is 18.4 Å². The minimum absolute atomic E-state index is 0. The summed E-state index contributed by atoms with van der Waals surface area (Å²) in [4.78, 5) is 16.7. The van der Waals surface area contributed by atoms with Crippen molar-refractivity contribution in [2.75, 3.05) is 32.7 Å². The summed E-state index contributed by atoms with van der Waals surface area (Å²) in [6.45, 7) is 4.44. The summed E-state index contributed by atoms with van der Waals surface area (Å²) < 4.78 is 0. The predicted octanol–water partition coefficient (Wildman–Crippen LogP) is 2.27. The van der Waals surface area contributed by atoms with Gasteiger partial charge in [0.05, 0.1) is 6.54 Å². The lowest BCUT2D eigenvalue weighted by atomic mass is 10.2. The molecule has 1 amide bonds. The van der Waals surface area contributed by atoms with Gasteiger partial charge in [-0.05, 0) is 18.4 Å². The SMILES string of the molecule is Cl.NCCN(CC(=O)N1CCCCCC1)Cc1ccccc1. The quantitative estimate of drug-likeness (QED) is 0.873. The normalized spacial score (nSPS) is 15.3. The molecule has 0 aromatic heterocycles. The van der Waals surface area contributed by atoms with Crippen molar-refractivity contribution in [3.05, 3.63) is 35.9 Å². The summed E-state index contributed by atoms with van der Waals surface area (Å²) in [5, 5.41) is 0. The standard InChI is InChI=1S/C17H27N3O.ClH/c18-10-13-19(14-16-8-4-3-5-9-16)15-17(21)20-11-6-1-2-7-12-20;/h3-5,8-9H,1-2,6-7,10-15,18H2;1H. The minimum atomic E-state index is 0. The van der Waals surface area contributed by atoms with Crippen LogP contribution in [-0.2, 0) is 11.3 Å². The number of likely N-dealkylation sites (tertiary alicyclic amines) is 1. The highest BCUT2D eigenvalue weighted by Crippen LogP contribution is 2.11. The first-order chi connectivity index (χ1) is 10.3. The predicted molar refractivity (Wildman–Crippen MR) is 93.1 cm³/mol. The van der Waals surface area contributed by atoms with E-state index in [-0.39, 0.29) is 18.3 Å². The number of amides is 1. The number of hydrogen-bond acceptors (Lipinski definition) is 3. The van der Waals surface area contributed by atoms with Gasteiger partial charge in [0.15, 0.2) is 0 Å². The first kappa shape index (κ1) is 18.9. The van der Waals surface area contributed by atoms with Crippen LogP contribution < -0.4 is 5.73 Å². The molecular weight excluding hydrogens is 298 g/mol. The van der Waals surface area contributed by atoms with Crippen molar-refractivity contribution < 1.29 is 4.79 Å². The molecule has 0 atom stereocenters. The molecule has 1 aromatic carbocycles. The Balaban J connectivity index is 0.00000242. The summed E-state index contributed by atoms with van der Waals surface area (Å²) in [6.07, 6.45) is 4.78. The van der Waals surface area contributed by atoms with Crippen molar-refractivity contribution in [3.8, 4) is 0 Å². The topological polar surface area (TPSA) is 49.6 Å². The summed E-state index contributed by atoms with van der Waals surface area (Å²) in [5.74, 6) is 0.251. The molecule has 124 valence electrons. The zero-order chi connectivity index (χ0) is 14.9. The summed E-state index contributed by atoms with van der Waals surface area (Å²) in [6, 6.07) is 10.3. The van der Waals surface area contributed by atoms with Crippen molar-refractivity contribution in [3.63, 3.8) is 0 Å². The Bertz CT molecular complexity index is 419. The average molecular weight is 326 g/mol. The second kappa shape index (κ2) is 10.6. The van der Waals surface area contributed by atoms with Gasteiger partial charge in [0.2, 0.25) is 5.91 Å². The van der Waals surface area contributed by atoms with Crippen LogP contribution in [0.2, 0.25) is 0 Å². The number of rotatable bonds is 6. The van der Waals surface area contributed by atoms with Gasteiger partial charge < -0.3 is 10.6 Å². The Kier molecular flexibility index (Phi) is 9.13. The molecular formula is C17H28ClN3O. The van der Waals surface area contributed by atoms with Gasteiger partial charge in [-0.2, -0.15) is 0 Å². The van der Waals surface area contributed by atoms with Gasteiger partial charge in [0, 0.05) is 32.7 Å². The molecule has 4 nitrogen and oxygen atoms in total. The van der Waals surface area contributed by atoms with Gasteiger partial charge in [-0.1, -0.05) is 43.2 Å². The monoisotopic (exact) mass is 325 g/mol. The Labute approximate surface area is 140 Å². The van der Waals surface area contributed by atoms with Gasteiger partial charge in [0.1, 0.15) is 0 Å². The summed E-state index contributed by atoms with van der Waals surface area (Å²) in [7, 11) is 0. The molecule has 1 heterocycles. The highest BCUT2D eigenvalue weighted by molar-refractivity contribution is 5.85. The number of nitrogens with two attached hydrogens (primary N) is 1. The number of halogens is 1. The molecule has 1 aliphatic rings. The van der Waals surface area contributed by atoms with Gasteiger partial charge in [-0.25, -0.2) is 0 Å². The van der Waals surface area contributed by atoms with Crippen LogP contribution in [0, 0.1) is 0 Å². The van der Waals surface area contributed by atoms with E-state index in [1.54, 1.807) is 0 Å². The van der Waals surface area contributed by atoms with Crippen molar-refractivity contribution >= 4 is 18.3 Å². The van der Waals surface area contributed by atoms with E-state index in [0.717, 1.165) is 39.0 Å². The van der Waals surface area contributed by atoms with Crippen molar-refractivity contribution in [1.29, 1.82) is 0 Å². The summed E-state index contributed by atoms with van der Waals surface area (Å²) >= 11 is 0. The second-order valence-electron chi connectivity index (χ2n) is 5.78. The molecule has 0 unspecified atom stereocenters. The number of benzene rings is 1. The Morgan fingerprint density at radius 1 is 1.09 bits per heavy atom. The highest BCUT2D eigenvalue weighted by atomic mass is 35.5. The molecule has 0 bridgehead atoms. The zero-order valence-electron chi connectivity index (χ0n) is 13.2. The second-order valence-corrected chi connectivity index (χ2v) is 5.78. The molecule has 0 saturated carbocycles. The molecule has 0 aliphatic carbocycles. The van der Waals surface area contributed by atoms with E-state index in [9.17, 15) is 4.79 Å². The molecule has 22 heavy (non-hydrogen) atoms. The van der Waals surface area contributed by atoms with Crippen molar-refractivity contribution in [2.45, 2.75) is 32.2 Å². The smallest absolute Gasteiger partial charge is 0.236 e. The molecule has 0 radical (unpaired) electrons. The van der Waals surface area contributed by atoms with Crippen LogP contribution in [0.3, 0.4) is 0 Å². The largest absolute Gasteiger partial charge is 0.342 e. The molecule has 1 saturated heterocycles. The molecule has 2 rings (SSSR count). The molecule has 1 aliphatic heterocycles. The van der Waals surface area contributed by atoms with Crippen LogP contribution in [0.4, 0.5) is 0 Å². The number of hydrogen-bond donors (Lipinski definition) is 1. The highest BCUT2D eigenvalue weighted by Gasteiger charge is 2.18. The first-order valence-electron chi connectivity index (χ1n) is 8.03. The van der Waals surface area contributed by atoms with Gasteiger partial charge in [-0.3, -0.25) is 9.69 Å². The number of carbonyl (C=O) groups excluding carboxylic acids is 1. The molecule has 1 aromatic rings. The molecule has 0 spiro atoms. The zero-order valence-corrected chi connectivity index (χ0v) is 14.1. The van der Waals surface area contributed by atoms with Crippen LogP contribution in [0.5, 0.6) is 0 Å². The minimum Gasteiger partial charge on any atom is -0.342 e. The average Bonchev–Trinajstić information content (AvgIpc) is 2.77. The van der Waals surface area contributed by atoms with Crippen LogP contribution in [0.25, 0.3) is 0 Å². The van der Waals surface area contributed by atoms with E-state index in [2.05, 4.69) is 17.0 Å². The fraction of sp³-hybridized carbons (Fsp3) is 0.588. The van der Waals surface area contributed by atoms with Crippen LogP contribution in [-0.4, -0.2) is 48.4 Å². The third-order valence-electron chi connectivity index (χ3n) is 4.01. The Morgan fingerprint density at radius 2 is 1.73 bits per heavy atom. The van der Waals surface area contributed by atoms with E-state index in [1.807, 2.05) is 23.1 Å². The lowest BCUT2D eigenvalue weighted by molar-refractivity contribution is -0.132. The maximum absolute atomic E-state index is 12.5. The lowest BCUT2D eigenvalue weighted by Crippen LogP contribution is -2.42. The first-order valence-corrected chi connectivity index (χ1v) is 8.03. The maximum Gasteiger partial charge on any atom is 0.236 e. The maximum atomic E-state index is 12.5. The molecule has 1 fully saturated rings. The van der Waals surface area contributed by atoms with Crippen LogP contribution >= 0.6 is 12.4 Å². The fourth-order valence-electron chi connectivity index (χ4n) is 2.85. The van der Waals surface area contributed by atoms with E-state index >= 15 is 0 Å². The van der Waals surface area contributed by atoms with Crippen LogP contribution in [0.1, 0.15) is 31.2 Å². The lowest BCUT2D eigenvalue weighted by Gasteiger charge is -2.26. The molecule has 5 heteroatoms. The van der Waals surface area contributed by atoms with Crippen molar-refractivity contribution in [2.24, 2.45) is 5.73 Å². The van der Waals surface area contributed by atoms with Gasteiger partial charge in [0.25, 0.3) is 0 Å². The summed E-state index contributed by atoms with van der Waals surface area (Å²) in [5.41, 5.74) is 6.93. The third kappa shape index (κ3) is 6.34. The van der Waals surface area contributed by atoms with E-state index in [4.69, 9.17) is 5.73 Å². The number of carbonyl (C=O) groups is 1.